The predicted octanol–water partition coefficient (Wildman–Crippen LogP) is 1.66. The van der Waals surface area contributed by atoms with Crippen LogP contribution in [-0.2, 0) is 4.74 Å². The third-order valence-corrected chi connectivity index (χ3v) is 4.05. The summed E-state index contributed by atoms with van der Waals surface area (Å²) in [4.78, 5) is 39.0. The quantitative estimate of drug-likeness (QED) is 0.869. The normalized spacial score (nSPS) is 14.0. The molecule has 4 amide bonds. The number of aryl methyl sites for hydroxylation is 1. The average molecular weight is 348 g/mol. The highest BCUT2D eigenvalue weighted by Crippen LogP contribution is 2.17. The molecule has 0 atom stereocenters. The topological polar surface area (TPSA) is 91.0 Å². The van der Waals surface area contributed by atoms with Crippen LogP contribution in [0.3, 0.4) is 0 Å². The molecule has 0 spiro atoms. The van der Waals surface area contributed by atoms with E-state index in [0.29, 0.717) is 44.0 Å². The van der Waals surface area contributed by atoms with Crippen LogP contribution in [0.25, 0.3) is 0 Å². The Morgan fingerprint density at radius 2 is 1.76 bits per heavy atom. The van der Waals surface area contributed by atoms with Crippen molar-refractivity contribution in [1.82, 2.24) is 15.1 Å². The molecule has 0 aromatic heterocycles. The maximum atomic E-state index is 12.4. The van der Waals surface area contributed by atoms with Crippen LogP contribution in [0, 0.1) is 6.92 Å². The van der Waals surface area contributed by atoms with Gasteiger partial charge in [-0.05, 0) is 37.6 Å². The van der Waals surface area contributed by atoms with E-state index in [-0.39, 0.29) is 18.0 Å². The zero-order chi connectivity index (χ0) is 18.4. The standard InChI is InChI=1S/C17H24N4O4/c1-4-25-17(24)21-9-7-20(8-10-21)16(23)19-14-6-5-13(11-12(14)2)15(22)18-3/h5-6,11H,4,7-10H2,1-3H3,(H,18,22)(H,19,23). The molecule has 1 aromatic rings. The monoisotopic (exact) mass is 348 g/mol. The van der Waals surface area contributed by atoms with E-state index < -0.39 is 0 Å². The van der Waals surface area contributed by atoms with E-state index >= 15 is 0 Å². The summed E-state index contributed by atoms with van der Waals surface area (Å²) in [7, 11) is 1.57. The van der Waals surface area contributed by atoms with Gasteiger partial charge in [0.05, 0.1) is 6.61 Å². The number of benzene rings is 1. The fraction of sp³-hybridized carbons (Fsp3) is 0.471. The molecule has 136 valence electrons. The summed E-state index contributed by atoms with van der Waals surface area (Å²) in [5.41, 5.74) is 2.01. The number of nitrogens with zero attached hydrogens (tertiary/aromatic N) is 2. The van der Waals surface area contributed by atoms with Crippen molar-refractivity contribution in [3.8, 4) is 0 Å². The number of ether oxygens (including phenoxy) is 1. The number of carbonyl (C=O) groups excluding carboxylic acids is 3. The largest absolute Gasteiger partial charge is 0.450 e. The summed E-state index contributed by atoms with van der Waals surface area (Å²) in [5.74, 6) is -0.170. The Morgan fingerprint density at radius 1 is 1.12 bits per heavy atom. The second kappa shape index (κ2) is 8.36. The van der Waals surface area contributed by atoms with Gasteiger partial charge in [-0.25, -0.2) is 9.59 Å². The van der Waals surface area contributed by atoms with Gasteiger partial charge in [0, 0.05) is 44.5 Å². The summed E-state index contributed by atoms with van der Waals surface area (Å²) in [6.07, 6.45) is -0.344. The van der Waals surface area contributed by atoms with Crippen molar-refractivity contribution >= 4 is 23.7 Å². The lowest BCUT2D eigenvalue weighted by Gasteiger charge is -2.34. The van der Waals surface area contributed by atoms with E-state index in [1.807, 2.05) is 6.92 Å². The van der Waals surface area contributed by atoms with Crippen molar-refractivity contribution < 1.29 is 19.1 Å². The zero-order valence-electron chi connectivity index (χ0n) is 14.8. The lowest BCUT2D eigenvalue weighted by Crippen LogP contribution is -2.51. The molecule has 25 heavy (non-hydrogen) atoms. The maximum Gasteiger partial charge on any atom is 0.409 e. The number of hydrogen-bond donors (Lipinski definition) is 2. The van der Waals surface area contributed by atoms with Gasteiger partial charge in [0.1, 0.15) is 0 Å². The first-order valence-electron chi connectivity index (χ1n) is 8.26. The van der Waals surface area contributed by atoms with E-state index in [1.54, 1.807) is 42.0 Å². The van der Waals surface area contributed by atoms with Crippen molar-refractivity contribution in [3.05, 3.63) is 29.3 Å². The molecule has 1 aliphatic rings. The number of hydrogen-bond acceptors (Lipinski definition) is 4. The molecule has 2 rings (SSSR count). The van der Waals surface area contributed by atoms with Gasteiger partial charge >= 0.3 is 12.1 Å². The van der Waals surface area contributed by atoms with Crippen molar-refractivity contribution in [1.29, 1.82) is 0 Å². The van der Waals surface area contributed by atoms with E-state index in [1.165, 1.54) is 0 Å². The molecule has 0 aliphatic carbocycles. The fourth-order valence-corrected chi connectivity index (χ4v) is 2.59. The minimum absolute atomic E-state index is 0.170. The lowest BCUT2D eigenvalue weighted by molar-refractivity contribution is 0.0868. The van der Waals surface area contributed by atoms with Gasteiger partial charge in [0.15, 0.2) is 0 Å². The molecule has 0 radical (unpaired) electrons. The van der Waals surface area contributed by atoms with Crippen molar-refractivity contribution in [2.75, 3.05) is 45.2 Å². The second-order valence-electron chi connectivity index (χ2n) is 5.71. The zero-order valence-corrected chi connectivity index (χ0v) is 14.8. The molecular weight excluding hydrogens is 324 g/mol. The Morgan fingerprint density at radius 3 is 2.32 bits per heavy atom. The van der Waals surface area contributed by atoms with Crippen LogP contribution in [0.2, 0.25) is 0 Å². The van der Waals surface area contributed by atoms with E-state index in [2.05, 4.69) is 10.6 Å². The molecule has 2 N–H and O–H groups in total. The number of piperazine rings is 1. The molecule has 0 saturated carbocycles. The number of nitrogens with one attached hydrogen (secondary N) is 2. The molecule has 1 aromatic carbocycles. The SMILES string of the molecule is CCOC(=O)N1CCN(C(=O)Nc2ccc(C(=O)NC)cc2C)CC1. The Bertz CT molecular complexity index is 654. The summed E-state index contributed by atoms with van der Waals surface area (Å²) >= 11 is 0. The molecule has 8 nitrogen and oxygen atoms in total. The van der Waals surface area contributed by atoms with Crippen molar-refractivity contribution in [2.45, 2.75) is 13.8 Å². The highest BCUT2D eigenvalue weighted by Gasteiger charge is 2.25. The van der Waals surface area contributed by atoms with Crippen LogP contribution in [0.1, 0.15) is 22.8 Å². The summed E-state index contributed by atoms with van der Waals surface area (Å²) in [6.45, 7) is 5.71. The first-order chi connectivity index (χ1) is 12.0. The fourth-order valence-electron chi connectivity index (χ4n) is 2.59. The van der Waals surface area contributed by atoms with Gasteiger partial charge in [-0.1, -0.05) is 0 Å². The van der Waals surface area contributed by atoms with Gasteiger partial charge in [0.25, 0.3) is 5.91 Å². The molecule has 0 bridgehead atoms. The van der Waals surface area contributed by atoms with Gasteiger partial charge in [-0.15, -0.1) is 0 Å². The lowest BCUT2D eigenvalue weighted by atomic mass is 10.1. The Labute approximate surface area is 147 Å². The Hall–Kier alpha value is -2.77. The van der Waals surface area contributed by atoms with E-state index in [4.69, 9.17) is 4.74 Å². The van der Waals surface area contributed by atoms with Gasteiger partial charge < -0.3 is 25.2 Å². The Kier molecular flexibility index (Phi) is 6.21. The highest BCUT2D eigenvalue weighted by atomic mass is 16.6. The summed E-state index contributed by atoms with van der Waals surface area (Å²) < 4.78 is 4.96. The number of amides is 4. The van der Waals surface area contributed by atoms with E-state index in [9.17, 15) is 14.4 Å². The smallest absolute Gasteiger partial charge is 0.409 e. The van der Waals surface area contributed by atoms with Crippen LogP contribution in [0.4, 0.5) is 15.3 Å². The minimum atomic E-state index is -0.344. The van der Waals surface area contributed by atoms with Crippen molar-refractivity contribution in [3.63, 3.8) is 0 Å². The van der Waals surface area contributed by atoms with Gasteiger partial charge in [-0.2, -0.15) is 0 Å². The van der Waals surface area contributed by atoms with Crippen LogP contribution >= 0.6 is 0 Å². The van der Waals surface area contributed by atoms with Crippen LogP contribution in [0.5, 0.6) is 0 Å². The first kappa shape index (κ1) is 18.6. The predicted molar refractivity (Wildman–Crippen MR) is 93.8 cm³/mol. The summed E-state index contributed by atoms with van der Waals surface area (Å²) in [6, 6.07) is 4.89. The third kappa shape index (κ3) is 4.62. The molecule has 1 aliphatic heterocycles. The van der Waals surface area contributed by atoms with E-state index in [0.717, 1.165) is 5.56 Å². The molecule has 0 unspecified atom stereocenters. The minimum Gasteiger partial charge on any atom is -0.450 e. The molecule has 1 saturated heterocycles. The molecule has 8 heteroatoms. The molecular formula is C17H24N4O4. The first-order valence-corrected chi connectivity index (χ1v) is 8.26. The number of urea groups is 1. The highest BCUT2D eigenvalue weighted by molar-refractivity contribution is 5.96. The number of anilines is 1. The van der Waals surface area contributed by atoms with Gasteiger partial charge in [-0.3, -0.25) is 4.79 Å². The summed E-state index contributed by atoms with van der Waals surface area (Å²) in [5, 5.41) is 5.42. The van der Waals surface area contributed by atoms with Gasteiger partial charge in [0.2, 0.25) is 0 Å². The number of carbonyl (C=O) groups is 3. The third-order valence-electron chi connectivity index (χ3n) is 4.05. The molecule has 1 heterocycles. The Balaban J connectivity index is 1.93. The van der Waals surface area contributed by atoms with Crippen molar-refractivity contribution in [2.24, 2.45) is 0 Å². The maximum absolute atomic E-state index is 12.4. The second-order valence-corrected chi connectivity index (χ2v) is 5.71. The van der Waals surface area contributed by atoms with Crippen LogP contribution < -0.4 is 10.6 Å². The number of rotatable bonds is 3. The van der Waals surface area contributed by atoms with Crippen LogP contribution in [0.15, 0.2) is 18.2 Å². The van der Waals surface area contributed by atoms with Crippen LogP contribution in [-0.4, -0.2) is 67.7 Å². The molecule has 1 fully saturated rings. The average Bonchev–Trinajstić information content (AvgIpc) is 2.63.